The molecule has 1 amide bonds. The number of rotatable bonds is 8. The van der Waals surface area contributed by atoms with Gasteiger partial charge in [-0.15, -0.1) is 0 Å². The molecule has 0 saturated carbocycles. The minimum atomic E-state index is -0.172. The zero-order valence-electron chi connectivity index (χ0n) is 19.6. The third-order valence-corrected chi connectivity index (χ3v) is 5.42. The molecule has 2 aromatic carbocycles. The van der Waals surface area contributed by atoms with Gasteiger partial charge in [0.2, 0.25) is 5.95 Å². The summed E-state index contributed by atoms with van der Waals surface area (Å²) in [5.74, 6) is 0.282. The molecule has 0 fully saturated rings. The number of aryl methyl sites for hydroxylation is 1. The van der Waals surface area contributed by atoms with Crippen LogP contribution in [0.2, 0.25) is 0 Å². The van der Waals surface area contributed by atoms with Crippen molar-refractivity contribution in [1.82, 2.24) is 19.9 Å². The van der Waals surface area contributed by atoms with Gasteiger partial charge in [-0.05, 0) is 81.0 Å². The summed E-state index contributed by atoms with van der Waals surface area (Å²) in [6, 6.07) is 19.2. The molecular weight excluding hydrogens is 424 g/mol. The van der Waals surface area contributed by atoms with Crippen LogP contribution in [0.15, 0.2) is 79.3 Å². The van der Waals surface area contributed by atoms with Gasteiger partial charge in [0.15, 0.2) is 0 Å². The molecule has 0 aliphatic heterocycles. The highest BCUT2D eigenvalue weighted by molar-refractivity contribution is 6.05. The Morgan fingerprint density at radius 2 is 1.82 bits per heavy atom. The lowest BCUT2D eigenvalue weighted by atomic mass is 10.1. The number of hydrogen-bond donors (Lipinski definition) is 2. The molecule has 0 aliphatic rings. The molecule has 7 heteroatoms. The number of amides is 1. The molecule has 34 heavy (non-hydrogen) atoms. The van der Waals surface area contributed by atoms with Crippen molar-refractivity contribution in [3.05, 3.63) is 95.9 Å². The van der Waals surface area contributed by atoms with Crippen LogP contribution in [0.3, 0.4) is 0 Å². The fraction of sp³-hybridized carbons (Fsp3) is 0.185. The lowest BCUT2D eigenvalue weighted by Crippen LogP contribution is -2.15. The van der Waals surface area contributed by atoms with E-state index in [2.05, 4.69) is 44.6 Å². The highest BCUT2D eigenvalue weighted by Crippen LogP contribution is 2.23. The maximum absolute atomic E-state index is 12.9. The fourth-order valence-electron chi connectivity index (χ4n) is 3.42. The van der Waals surface area contributed by atoms with Gasteiger partial charge in [-0.1, -0.05) is 18.2 Å². The van der Waals surface area contributed by atoms with Crippen molar-refractivity contribution in [2.75, 3.05) is 31.3 Å². The van der Waals surface area contributed by atoms with E-state index in [9.17, 15) is 4.79 Å². The zero-order chi connectivity index (χ0) is 23.9. The number of carbonyl (C=O) groups is 1. The van der Waals surface area contributed by atoms with Gasteiger partial charge in [0.1, 0.15) is 0 Å². The first-order valence-corrected chi connectivity index (χ1v) is 11.1. The lowest BCUT2D eigenvalue weighted by molar-refractivity contribution is 0.102. The number of nitrogens with zero attached hydrogens (tertiary/aromatic N) is 4. The Bertz CT molecular complexity index is 1260. The fourth-order valence-corrected chi connectivity index (χ4v) is 3.42. The highest BCUT2D eigenvalue weighted by atomic mass is 16.1. The number of benzene rings is 2. The van der Waals surface area contributed by atoms with E-state index in [0.29, 0.717) is 11.5 Å². The van der Waals surface area contributed by atoms with Crippen LogP contribution >= 0.6 is 0 Å². The molecule has 2 heterocycles. The van der Waals surface area contributed by atoms with Crippen molar-refractivity contribution in [3.8, 4) is 11.3 Å². The van der Waals surface area contributed by atoms with Gasteiger partial charge in [0.25, 0.3) is 5.91 Å². The lowest BCUT2D eigenvalue weighted by Gasteiger charge is -2.12. The zero-order valence-corrected chi connectivity index (χ0v) is 19.6. The van der Waals surface area contributed by atoms with Crippen LogP contribution in [0.5, 0.6) is 0 Å². The topological polar surface area (TPSA) is 83.0 Å². The minimum Gasteiger partial charge on any atom is -0.324 e. The molecule has 0 unspecified atom stereocenters. The number of likely N-dealkylation sites (N-methyl/N-ethyl adjacent to an activating group) is 1. The van der Waals surface area contributed by atoms with Crippen molar-refractivity contribution in [1.29, 1.82) is 0 Å². The Morgan fingerprint density at radius 3 is 2.56 bits per heavy atom. The van der Waals surface area contributed by atoms with E-state index in [-0.39, 0.29) is 5.91 Å². The molecule has 4 aromatic rings. The molecule has 0 atom stereocenters. The van der Waals surface area contributed by atoms with Gasteiger partial charge < -0.3 is 15.5 Å². The van der Waals surface area contributed by atoms with E-state index in [1.54, 1.807) is 18.6 Å². The molecule has 172 valence electrons. The second kappa shape index (κ2) is 10.7. The van der Waals surface area contributed by atoms with Gasteiger partial charge in [-0.3, -0.25) is 9.78 Å². The summed E-state index contributed by atoms with van der Waals surface area (Å²) in [6.45, 7) is 2.96. The monoisotopic (exact) mass is 452 g/mol. The molecule has 0 bridgehead atoms. The number of carbonyl (C=O) groups excluding carboxylic acids is 1. The maximum Gasteiger partial charge on any atom is 0.255 e. The Labute approximate surface area is 199 Å². The molecule has 0 aliphatic carbocycles. The van der Waals surface area contributed by atoms with E-state index < -0.39 is 0 Å². The SMILES string of the molecule is Cc1ccc(C(=O)Nc2ccc(CCN(C)C)cc2)cc1Nc1nccc(-c2cccnc2)n1. The first kappa shape index (κ1) is 23.1. The molecule has 7 nitrogen and oxygen atoms in total. The minimum absolute atomic E-state index is 0.172. The van der Waals surface area contributed by atoms with Crippen molar-refractivity contribution >= 4 is 23.2 Å². The first-order valence-electron chi connectivity index (χ1n) is 11.1. The summed E-state index contributed by atoms with van der Waals surface area (Å²) in [5, 5.41) is 6.22. The number of hydrogen-bond acceptors (Lipinski definition) is 6. The number of anilines is 3. The standard InChI is InChI=1S/C27H28N6O/c1-19-6-9-21(26(34)30-23-10-7-20(8-11-23)13-16-33(2)3)17-25(19)32-27-29-15-12-24(31-27)22-5-4-14-28-18-22/h4-12,14-15,17-18H,13,16H2,1-3H3,(H,30,34)(H,29,31,32). The van der Waals surface area contributed by atoms with E-state index >= 15 is 0 Å². The molecule has 0 spiro atoms. The third-order valence-electron chi connectivity index (χ3n) is 5.42. The first-order chi connectivity index (χ1) is 16.5. The van der Waals surface area contributed by atoms with Gasteiger partial charge in [-0.25, -0.2) is 9.97 Å². The summed E-state index contributed by atoms with van der Waals surface area (Å²) in [5.41, 5.74) is 5.99. The highest BCUT2D eigenvalue weighted by Gasteiger charge is 2.11. The van der Waals surface area contributed by atoms with Crippen LogP contribution in [0.4, 0.5) is 17.3 Å². The predicted molar refractivity (Wildman–Crippen MR) is 136 cm³/mol. The Hall–Kier alpha value is -4.10. The quantitative estimate of drug-likeness (QED) is 0.394. The van der Waals surface area contributed by atoms with Crippen LogP contribution in [0, 0.1) is 6.92 Å². The van der Waals surface area contributed by atoms with Crippen LogP contribution in [0.1, 0.15) is 21.5 Å². The second-order valence-electron chi connectivity index (χ2n) is 8.37. The van der Waals surface area contributed by atoms with Crippen LogP contribution in [-0.2, 0) is 6.42 Å². The molecular formula is C27H28N6O. The Morgan fingerprint density at radius 1 is 1.00 bits per heavy atom. The average molecular weight is 453 g/mol. The summed E-state index contributed by atoms with van der Waals surface area (Å²) >= 11 is 0. The molecule has 0 radical (unpaired) electrons. The van der Waals surface area contributed by atoms with E-state index in [0.717, 1.165) is 41.2 Å². The van der Waals surface area contributed by atoms with Crippen LogP contribution < -0.4 is 10.6 Å². The smallest absolute Gasteiger partial charge is 0.255 e. The molecule has 0 saturated heterocycles. The van der Waals surface area contributed by atoms with Crippen molar-refractivity contribution in [2.24, 2.45) is 0 Å². The number of aromatic nitrogens is 3. The summed E-state index contributed by atoms with van der Waals surface area (Å²) < 4.78 is 0. The average Bonchev–Trinajstić information content (AvgIpc) is 2.85. The Kier molecular flexibility index (Phi) is 7.25. The third kappa shape index (κ3) is 6.02. The molecule has 4 rings (SSSR count). The largest absolute Gasteiger partial charge is 0.324 e. The van der Waals surface area contributed by atoms with Gasteiger partial charge in [0.05, 0.1) is 5.69 Å². The van der Waals surface area contributed by atoms with Gasteiger partial charge >= 0.3 is 0 Å². The van der Waals surface area contributed by atoms with Gasteiger partial charge in [0, 0.05) is 47.6 Å². The van der Waals surface area contributed by atoms with Crippen molar-refractivity contribution in [2.45, 2.75) is 13.3 Å². The predicted octanol–water partition coefficient (Wildman–Crippen LogP) is 4.95. The van der Waals surface area contributed by atoms with Crippen LogP contribution in [0.25, 0.3) is 11.3 Å². The van der Waals surface area contributed by atoms with Crippen LogP contribution in [-0.4, -0.2) is 46.4 Å². The van der Waals surface area contributed by atoms with E-state index in [1.165, 1.54) is 5.56 Å². The number of pyridine rings is 1. The van der Waals surface area contributed by atoms with Crippen molar-refractivity contribution < 1.29 is 4.79 Å². The second-order valence-corrected chi connectivity index (χ2v) is 8.37. The Balaban J connectivity index is 1.46. The van der Waals surface area contributed by atoms with E-state index in [1.807, 2.05) is 67.6 Å². The molecule has 2 aromatic heterocycles. The normalized spacial score (nSPS) is 10.8. The van der Waals surface area contributed by atoms with E-state index in [4.69, 9.17) is 0 Å². The number of nitrogens with one attached hydrogen (secondary N) is 2. The maximum atomic E-state index is 12.9. The van der Waals surface area contributed by atoms with Gasteiger partial charge in [-0.2, -0.15) is 0 Å². The summed E-state index contributed by atoms with van der Waals surface area (Å²) in [6.07, 6.45) is 6.16. The summed E-state index contributed by atoms with van der Waals surface area (Å²) in [7, 11) is 4.12. The molecule has 2 N–H and O–H groups in total. The van der Waals surface area contributed by atoms with Crippen molar-refractivity contribution in [3.63, 3.8) is 0 Å². The summed E-state index contributed by atoms with van der Waals surface area (Å²) in [4.78, 5) is 28.1.